The standard InChI is InChI=1S/C19H30O2/c1-19(2,3)16-11-9-14(10-12-16)13-17(20)18(21)15-7-5-4-6-8-15/h9-12,15,17-18,20-21H,4-8,13H2,1-3H3. The van der Waals surface area contributed by atoms with Crippen LogP contribution in [0.2, 0.25) is 0 Å². The minimum Gasteiger partial charge on any atom is -0.390 e. The highest BCUT2D eigenvalue weighted by molar-refractivity contribution is 5.28. The zero-order valence-electron chi connectivity index (χ0n) is 13.7. The van der Waals surface area contributed by atoms with Gasteiger partial charge in [-0.3, -0.25) is 0 Å². The van der Waals surface area contributed by atoms with Crippen LogP contribution in [0.3, 0.4) is 0 Å². The smallest absolute Gasteiger partial charge is 0.0842 e. The third-order valence-electron chi connectivity index (χ3n) is 4.79. The first-order chi connectivity index (χ1) is 9.88. The van der Waals surface area contributed by atoms with Gasteiger partial charge < -0.3 is 10.2 Å². The largest absolute Gasteiger partial charge is 0.390 e. The molecule has 0 radical (unpaired) electrons. The summed E-state index contributed by atoms with van der Waals surface area (Å²) < 4.78 is 0. The molecule has 0 saturated heterocycles. The maximum absolute atomic E-state index is 10.3. The topological polar surface area (TPSA) is 40.5 Å². The Balaban J connectivity index is 1.94. The van der Waals surface area contributed by atoms with E-state index in [0.29, 0.717) is 6.42 Å². The monoisotopic (exact) mass is 290 g/mol. The van der Waals surface area contributed by atoms with Gasteiger partial charge in [0.05, 0.1) is 12.2 Å². The molecule has 21 heavy (non-hydrogen) atoms. The number of aliphatic hydroxyl groups excluding tert-OH is 2. The predicted octanol–water partition coefficient (Wildman–Crippen LogP) is 3.83. The third kappa shape index (κ3) is 4.55. The van der Waals surface area contributed by atoms with Crippen LogP contribution in [0, 0.1) is 5.92 Å². The lowest BCUT2D eigenvalue weighted by Crippen LogP contribution is -2.36. The van der Waals surface area contributed by atoms with E-state index >= 15 is 0 Å². The molecule has 1 aromatic rings. The Labute approximate surface area is 129 Å². The van der Waals surface area contributed by atoms with E-state index in [9.17, 15) is 10.2 Å². The molecule has 2 N–H and O–H groups in total. The fourth-order valence-corrected chi connectivity index (χ4v) is 3.29. The quantitative estimate of drug-likeness (QED) is 0.885. The molecule has 2 heteroatoms. The lowest BCUT2D eigenvalue weighted by Gasteiger charge is -2.30. The van der Waals surface area contributed by atoms with Crippen LogP contribution in [0.1, 0.15) is 64.0 Å². The molecule has 0 heterocycles. The Morgan fingerprint density at radius 1 is 1.00 bits per heavy atom. The van der Waals surface area contributed by atoms with Crippen molar-refractivity contribution >= 4 is 0 Å². The van der Waals surface area contributed by atoms with Gasteiger partial charge >= 0.3 is 0 Å². The van der Waals surface area contributed by atoms with Crippen LogP contribution in [0.4, 0.5) is 0 Å². The van der Waals surface area contributed by atoms with Crippen molar-refractivity contribution in [2.75, 3.05) is 0 Å². The summed E-state index contributed by atoms with van der Waals surface area (Å²) in [6, 6.07) is 8.43. The second-order valence-corrected chi connectivity index (χ2v) is 7.61. The average Bonchev–Trinajstić information content (AvgIpc) is 2.47. The lowest BCUT2D eigenvalue weighted by atomic mass is 9.82. The van der Waals surface area contributed by atoms with Crippen LogP contribution in [-0.2, 0) is 11.8 Å². The molecule has 2 nitrogen and oxygen atoms in total. The van der Waals surface area contributed by atoms with E-state index in [4.69, 9.17) is 0 Å². The molecule has 0 amide bonds. The SMILES string of the molecule is CC(C)(C)c1ccc(CC(O)C(O)C2CCCCC2)cc1. The van der Waals surface area contributed by atoms with Crippen LogP contribution < -0.4 is 0 Å². The first-order valence-corrected chi connectivity index (χ1v) is 8.33. The summed E-state index contributed by atoms with van der Waals surface area (Å²) in [6.07, 6.45) is 5.09. The van der Waals surface area contributed by atoms with Crippen molar-refractivity contribution in [1.29, 1.82) is 0 Å². The first-order valence-electron chi connectivity index (χ1n) is 8.33. The summed E-state index contributed by atoms with van der Waals surface area (Å²) in [5.74, 6) is 0.280. The molecule has 1 aliphatic carbocycles. The number of hydrogen-bond donors (Lipinski definition) is 2. The minimum absolute atomic E-state index is 0.152. The molecule has 0 bridgehead atoms. The van der Waals surface area contributed by atoms with Gasteiger partial charge in [0.2, 0.25) is 0 Å². The van der Waals surface area contributed by atoms with Crippen LogP contribution in [-0.4, -0.2) is 22.4 Å². The summed E-state index contributed by atoms with van der Waals surface area (Å²) in [4.78, 5) is 0. The van der Waals surface area contributed by atoms with Crippen molar-refractivity contribution in [3.63, 3.8) is 0 Å². The Kier molecular flexibility index (Phi) is 5.45. The van der Waals surface area contributed by atoms with Crippen LogP contribution >= 0.6 is 0 Å². The normalized spacial score (nSPS) is 20.2. The molecular formula is C19H30O2. The molecule has 2 unspecified atom stereocenters. The zero-order chi connectivity index (χ0) is 15.5. The molecule has 2 rings (SSSR count). The van der Waals surface area contributed by atoms with E-state index in [-0.39, 0.29) is 11.3 Å². The van der Waals surface area contributed by atoms with Gasteiger partial charge in [-0.15, -0.1) is 0 Å². The van der Waals surface area contributed by atoms with Crippen molar-refractivity contribution in [3.05, 3.63) is 35.4 Å². The van der Waals surface area contributed by atoms with E-state index in [1.165, 1.54) is 24.8 Å². The Hall–Kier alpha value is -0.860. The fraction of sp³-hybridized carbons (Fsp3) is 0.684. The molecule has 0 spiro atoms. The summed E-state index contributed by atoms with van der Waals surface area (Å²) in [6.45, 7) is 6.59. The van der Waals surface area contributed by atoms with Gasteiger partial charge in [0.25, 0.3) is 0 Å². The molecule has 1 aliphatic rings. The highest BCUT2D eigenvalue weighted by atomic mass is 16.3. The summed E-state index contributed by atoms with van der Waals surface area (Å²) in [5.41, 5.74) is 2.55. The summed E-state index contributed by atoms with van der Waals surface area (Å²) >= 11 is 0. The number of rotatable bonds is 4. The van der Waals surface area contributed by atoms with E-state index < -0.39 is 12.2 Å². The van der Waals surface area contributed by atoms with Crippen LogP contribution in [0.5, 0.6) is 0 Å². The molecule has 0 aliphatic heterocycles. The molecule has 1 aromatic carbocycles. The highest BCUT2D eigenvalue weighted by Gasteiger charge is 2.27. The molecule has 0 aromatic heterocycles. The van der Waals surface area contributed by atoms with Crippen molar-refractivity contribution in [1.82, 2.24) is 0 Å². The fourth-order valence-electron chi connectivity index (χ4n) is 3.29. The van der Waals surface area contributed by atoms with Gasteiger partial charge in [0.1, 0.15) is 0 Å². The van der Waals surface area contributed by atoms with Crippen molar-refractivity contribution in [2.24, 2.45) is 5.92 Å². The molecule has 1 fully saturated rings. The maximum Gasteiger partial charge on any atom is 0.0842 e. The van der Waals surface area contributed by atoms with Gasteiger partial charge in [-0.25, -0.2) is 0 Å². The van der Waals surface area contributed by atoms with Gasteiger partial charge in [-0.2, -0.15) is 0 Å². The second kappa shape index (κ2) is 6.93. The third-order valence-corrected chi connectivity index (χ3v) is 4.79. The zero-order valence-corrected chi connectivity index (χ0v) is 13.7. The Morgan fingerprint density at radius 2 is 1.57 bits per heavy atom. The van der Waals surface area contributed by atoms with Crippen molar-refractivity contribution < 1.29 is 10.2 Å². The second-order valence-electron chi connectivity index (χ2n) is 7.61. The lowest BCUT2D eigenvalue weighted by molar-refractivity contribution is -0.0263. The summed E-state index contributed by atoms with van der Waals surface area (Å²) in [5, 5.41) is 20.6. The van der Waals surface area contributed by atoms with E-state index in [1.807, 2.05) is 0 Å². The predicted molar refractivity (Wildman–Crippen MR) is 87.4 cm³/mol. The van der Waals surface area contributed by atoms with Gasteiger partial charge in [-0.05, 0) is 35.3 Å². The number of aliphatic hydroxyl groups is 2. The van der Waals surface area contributed by atoms with Crippen molar-refractivity contribution in [3.8, 4) is 0 Å². The molecule has 118 valence electrons. The number of benzene rings is 1. The molecule has 1 saturated carbocycles. The van der Waals surface area contributed by atoms with Gasteiger partial charge in [0.15, 0.2) is 0 Å². The molecule has 2 atom stereocenters. The first kappa shape index (κ1) is 16.5. The van der Waals surface area contributed by atoms with Gasteiger partial charge in [-0.1, -0.05) is 64.3 Å². The van der Waals surface area contributed by atoms with E-state index in [2.05, 4.69) is 45.0 Å². The highest BCUT2D eigenvalue weighted by Crippen LogP contribution is 2.29. The van der Waals surface area contributed by atoms with E-state index in [1.54, 1.807) is 0 Å². The maximum atomic E-state index is 10.3. The van der Waals surface area contributed by atoms with E-state index in [0.717, 1.165) is 18.4 Å². The Morgan fingerprint density at radius 3 is 2.10 bits per heavy atom. The van der Waals surface area contributed by atoms with Crippen LogP contribution in [0.15, 0.2) is 24.3 Å². The van der Waals surface area contributed by atoms with Crippen LogP contribution in [0.25, 0.3) is 0 Å². The molecular weight excluding hydrogens is 260 g/mol. The summed E-state index contributed by atoms with van der Waals surface area (Å²) in [7, 11) is 0. The number of hydrogen-bond acceptors (Lipinski definition) is 2. The minimum atomic E-state index is -0.645. The van der Waals surface area contributed by atoms with Crippen molar-refractivity contribution in [2.45, 2.75) is 76.9 Å². The average molecular weight is 290 g/mol. The van der Waals surface area contributed by atoms with Gasteiger partial charge in [0, 0.05) is 6.42 Å². The Bertz CT molecular complexity index is 424.